The first-order valence-electron chi connectivity index (χ1n) is 7.53. The number of imide groups is 2. The summed E-state index contributed by atoms with van der Waals surface area (Å²) in [4.78, 5) is 41.4. The highest BCUT2D eigenvalue weighted by Gasteiger charge is 2.44. The second kappa shape index (κ2) is 6.73. The Kier molecular flexibility index (Phi) is 4.93. The van der Waals surface area contributed by atoms with Crippen LogP contribution in [-0.2, 0) is 16.0 Å². The van der Waals surface area contributed by atoms with E-state index in [4.69, 9.17) is 0 Å². The first-order valence-corrected chi connectivity index (χ1v) is 7.53. The number of hydrogen-bond acceptors (Lipinski definition) is 4. The third-order valence-corrected chi connectivity index (χ3v) is 3.50. The van der Waals surface area contributed by atoms with Crippen molar-refractivity contribution in [2.75, 3.05) is 6.54 Å². The maximum atomic E-state index is 12.4. The number of urea groups is 1. The van der Waals surface area contributed by atoms with Gasteiger partial charge in [0.15, 0.2) is 5.92 Å². The topological polar surface area (TPSA) is 78.8 Å². The highest BCUT2D eigenvalue weighted by molar-refractivity contribution is 6.23. The number of carbonyl (C=O) groups is 3. The molecule has 1 aliphatic heterocycles. The number of barbiturate groups is 1. The van der Waals surface area contributed by atoms with E-state index in [1.807, 2.05) is 30.3 Å². The molecule has 0 unspecified atom stereocenters. The number of nitrogens with one attached hydrogen (secondary N) is 1. The molecule has 122 valence electrons. The monoisotopic (exact) mass is 315 g/mol. The molecule has 1 fully saturated rings. The first kappa shape index (κ1) is 16.9. The number of carbonyl (C=O) groups excluding carboxylic acids is 3. The van der Waals surface area contributed by atoms with Crippen LogP contribution in [0.5, 0.6) is 0 Å². The van der Waals surface area contributed by atoms with Gasteiger partial charge < -0.3 is 0 Å². The predicted molar refractivity (Wildman–Crippen MR) is 87.1 cm³/mol. The van der Waals surface area contributed by atoms with Crippen molar-refractivity contribution < 1.29 is 14.4 Å². The van der Waals surface area contributed by atoms with Crippen LogP contribution in [0.1, 0.15) is 26.3 Å². The van der Waals surface area contributed by atoms with Crippen molar-refractivity contribution >= 4 is 24.1 Å². The number of rotatable bonds is 4. The van der Waals surface area contributed by atoms with E-state index in [9.17, 15) is 14.4 Å². The van der Waals surface area contributed by atoms with Crippen LogP contribution in [0.2, 0.25) is 0 Å². The Labute approximate surface area is 135 Å². The maximum Gasteiger partial charge on any atom is 0.331 e. The quantitative estimate of drug-likeness (QED) is 0.679. The molecule has 2 rings (SSSR count). The van der Waals surface area contributed by atoms with E-state index < -0.39 is 29.3 Å². The van der Waals surface area contributed by atoms with Gasteiger partial charge in [0, 0.05) is 18.3 Å². The average molecular weight is 315 g/mol. The fourth-order valence-corrected chi connectivity index (χ4v) is 2.38. The van der Waals surface area contributed by atoms with Crippen LogP contribution in [0.3, 0.4) is 0 Å². The van der Waals surface area contributed by atoms with Crippen molar-refractivity contribution in [1.29, 1.82) is 0 Å². The van der Waals surface area contributed by atoms with Gasteiger partial charge in [0.1, 0.15) is 0 Å². The van der Waals surface area contributed by atoms with Gasteiger partial charge in [-0.05, 0) is 32.8 Å². The van der Waals surface area contributed by atoms with Crippen molar-refractivity contribution in [2.24, 2.45) is 10.9 Å². The van der Waals surface area contributed by atoms with Gasteiger partial charge in [-0.1, -0.05) is 30.3 Å². The molecule has 1 aromatic rings. The second-order valence-electron chi connectivity index (χ2n) is 6.41. The zero-order chi connectivity index (χ0) is 17.0. The molecule has 0 radical (unpaired) electrons. The van der Waals surface area contributed by atoms with Gasteiger partial charge in [-0.25, -0.2) is 4.79 Å². The molecule has 0 saturated carbocycles. The van der Waals surface area contributed by atoms with Gasteiger partial charge >= 0.3 is 6.03 Å². The smallest absolute Gasteiger partial charge is 0.296 e. The molecule has 1 saturated heterocycles. The lowest BCUT2D eigenvalue weighted by Gasteiger charge is -2.37. The van der Waals surface area contributed by atoms with E-state index >= 15 is 0 Å². The van der Waals surface area contributed by atoms with Crippen LogP contribution >= 0.6 is 0 Å². The lowest BCUT2D eigenvalue weighted by Crippen LogP contribution is -2.63. The lowest BCUT2D eigenvalue weighted by molar-refractivity contribution is -0.142. The summed E-state index contributed by atoms with van der Waals surface area (Å²) < 4.78 is 0. The summed E-state index contributed by atoms with van der Waals surface area (Å²) in [7, 11) is 0. The summed E-state index contributed by atoms with van der Waals surface area (Å²) in [6.07, 6.45) is 2.06. The number of nitrogens with zero attached hydrogens (tertiary/aromatic N) is 2. The molecule has 4 amide bonds. The van der Waals surface area contributed by atoms with Gasteiger partial charge in [-0.3, -0.25) is 24.8 Å². The Balaban J connectivity index is 2.03. The molecular weight excluding hydrogens is 294 g/mol. The van der Waals surface area contributed by atoms with Crippen molar-refractivity contribution in [3.8, 4) is 0 Å². The molecule has 1 heterocycles. The van der Waals surface area contributed by atoms with Crippen LogP contribution in [0, 0.1) is 5.92 Å². The van der Waals surface area contributed by atoms with Gasteiger partial charge in [0.05, 0.1) is 0 Å². The Morgan fingerprint density at radius 3 is 2.43 bits per heavy atom. The average Bonchev–Trinajstić information content (AvgIpc) is 2.45. The summed E-state index contributed by atoms with van der Waals surface area (Å²) in [5.74, 6) is -2.21. The fraction of sp³-hybridized carbons (Fsp3) is 0.412. The van der Waals surface area contributed by atoms with Crippen molar-refractivity contribution in [1.82, 2.24) is 10.2 Å². The van der Waals surface area contributed by atoms with Gasteiger partial charge in [-0.15, -0.1) is 0 Å². The van der Waals surface area contributed by atoms with E-state index in [1.54, 1.807) is 20.8 Å². The number of amides is 4. The highest BCUT2D eigenvalue weighted by Crippen LogP contribution is 2.20. The van der Waals surface area contributed by atoms with Crippen LogP contribution in [0.15, 0.2) is 35.3 Å². The first-order chi connectivity index (χ1) is 10.8. The minimum Gasteiger partial charge on any atom is -0.296 e. The van der Waals surface area contributed by atoms with E-state index in [1.165, 1.54) is 6.21 Å². The van der Waals surface area contributed by atoms with Crippen LogP contribution in [-0.4, -0.2) is 41.0 Å². The zero-order valence-corrected chi connectivity index (χ0v) is 13.6. The van der Waals surface area contributed by atoms with Crippen LogP contribution < -0.4 is 5.32 Å². The summed E-state index contributed by atoms with van der Waals surface area (Å²) >= 11 is 0. The molecule has 23 heavy (non-hydrogen) atoms. The SMILES string of the molecule is CC(C)(C)N1C(=O)NC(=O)[C@@H](C=NCCc2ccccc2)C1=O. The number of hydrogen-bond donors (Lipinski definition) is 1. The molecule has 1 aromatic carbocycles. The minimum atomic E-state index is -1.05. The Morgan fingerprint density at radius 2 is 1.83 bits per heavy atom. The molecule has 0 aromatic heterocycles. The van der Waals surface area contributed by atoms with Crippen molar-refractivity contribution in [2.45, 2.75) is 32.7 Å². The minimum absolute atomic E-state index is 0.477. The summed E-state index contributed by atoms with van der Waals surface area (Å²) in [5, 5.41) is 2.21. The summed E-state index contributed by atoms with van der Waals surface area (Å²) in [6, 6.07) is 9.15. The lowest BCUT2D eigenvalue weighted by atomic mass is 9.99. The number of aliphatic imine (C=N–C) groups is 1. The number of benzene rings is 1. The Morgan fingerprint density at radius 1 is 1.17 bits per heavy atom. The van der Waals surface area contributed by atoms with E-state index in [-0.39, 0.29) is 0 Å². The molecular formula is C17H21N3O3. The van der Waals surface area contributed by atoms with E-state index in [0.717, 1.165) is 16.9 Å². The fourth-order valence-electron chi connectivity index (χ4n) is 2.38. The van der Waals surface area contributed by atoms with Crippen LogP contribution in [0.4, 0.5) is 4.79 Å². The third kappa shape index (κ3) is 4.03. The predicted octanol–water partition coefficient (Wildman–Crippen LogP) is 1.79. The van der Waals surface area contributed by atoms with E-state index in [2.05, 4.69) is 10.3 Å². The van der Waals surface area contributed by atoms with Gasteiger partial charge in [0.2, 0.25) is 11.8 Å². The molecule has 6 nitrogen and oxygen atoms in total. The van der Waals surface area contributed by atoms with E-state index in [0.29, 0.717) is 6.54 Å². The zero-order valence-electron chi connectivity index (χ0n) is 13.6. The van der Waals surface area contributed by atoms with Crippen molar-refractivity contribution in [3.63, 3.8) is 0 Å². The molecule has 6 heteroatoms. The van der Waals surface area contributed by atoms with Gasteiger partial charge in [-0.2, -0.15) is 0 Å². The molecule has 0 bridgehead atoms. The molecule has 0 aliphatic carbocycles. The standard InChI is InChI=1S/C17H21N3O3/c1-17(2,3)20-15(22)13(14(21)19-16(20)23)11-18-10-9-12-7-5-4-6-8-12/h4-8,11,13H,9-10H2,1-3H3,(H,19,21,23)/t13-/m1/s1. The summed E-state index contributed by atoms with van der Waals surface area (Å²) in [5.41, 5.74) is 0.438. The highest BCUT2D eigenvalue weighted by atomic mass is 16.2. The third-order valence-electron chi connectivity index (χ3n) is 3.50. The normalized spacial score (nSPS) is 19.3. The molecule has 1 aliphatic rings. The molecule has 0 spiro atoms. The van der Waals surface area contributed by atoms with Crippen LogP contribution in [0.25, 0.3) is 0 Å². The largest absolute Gasteiger partial charge is 0.331 e. The van der Waals surface area contributed by atoms with Crippen molar-refractivity contribution in [3.05, 3.63) is 35.9 Å². The maximum absolute atomic E-state index is 12.4. The molecule has 1 N–H and O–H groups in total. The Bertz CT molecular complexity index is 632. The summed E-state index contributed by atoms with van der Waals surface area (Å²) in [6.45, 7) is 5.70. The molecule has 1 atom stereocenters. The second-order valence-corrected chi connectivity index (χ2v) is 6.41. The Hall–Kier alpha value is -2.50. The van der Waals surface area contributed by atoms with Gasteiger partial charge in [0.25, 0.3) is 0 Å².